The number of methoxy groups -OCH3 is 1. The average molecular weight is 363 g/mol. The average Bonchev–Trinajstić information content (AvgIpc) is 2.71. The van der Waals surface area contributed by atoms with Crippen LogP contribution in [0.25, 0.3) is 10.8 Å². The van der Waals surface area contributed by atoms with Crippen LogP contribution in [0.3, 0.4) is 0 Å². The van der Waals surface area contributed by atoms with Gasteiger partial charge in [0.1, 0.15) is 18.1 Å². The van der Waals surface area contributed by atoms with Gasteiger partial charge in [-0.25, -0.2) is 0 Å². The molecule has 0 saturated carbocycles. The predicted octanol–water partition coefficient (Wildman–Crippen LogP) is 4.96. The number of rotatable bonds is 7. The quantitative estimate of drug-likeness (QED) is 0.646. The molecule has 0 spiro atoms. The Morgan fingerprint density at radius 2 is 1.81 bits per heavy atom. The van der Waals surface area contributed by atoms with E-state index in [1.54, 1.807) is 13.2 Å². The zero-order valence-electron chi connectivity index (χ0n) is 16.0. The van der Waals surface area contributed by atoms with Crippen LogP contribution in [0.4, 0.5) is 0 Å². The lowest BCUT2D eigenvalue weighted by molar-refractivity contribution is 0.0939. The van der Waals surface area contributed by atoms with Gasteiger partial charge in [0.25, 0.3) is 5.91 Å². The first-order chi connectivity index (χ1) is 13.1. The molecule has 1 atom stereocenters. The summed E-state index contributed by atoms with van der Waals surface area (Å²) >= 11 is 0. The van der Waals surface area contributed by atoms with Gasteiger partial charge >= 0.3 is 0 Å². The van der Waals surface area contributed by atoms with Crippen LogP contribution in [0.5, 0.6) is 11.5 Å². The third kappa shape index (κ3) is 4.40. The molecule has 0 aliphatic heterocycles. The van der Waals surface area contributed by atoms with Gasteiger partial charge in [-0.1, -0.05) is 43.3 Å². The van der Waals surface area contributed by atoms with Gasteiger partial charge in [0.05, 0.1) is 7.11 Å². The molecule has 1 amide bonds. The summed E-state index contributed by atoms with van der Waals surface area (Å²) in [5.41, 5.74) is 1.44. The Kier molecular flexibility index (Phi) is 5.97. The lowest BCUT2D eigenvalue weighted by Gasteiger charge is -2.15. The van der Waals surface area contributed by atoms with Crippen molar-refractivity contribution in [1.29, 1.82) is 0 Å². The van der Waals surface area contributed by atoms with Gasteiger partial charge in [0.2, 0.25) is 0 Å². The summed E-state index contributed by atoms with van der Waals surface area (Å²) in [5.74, 6) is 1.43. The molecule has 3 rings (SSSR count). The number of hydrogen-bond donors (Lipinski definition) is 1. The minimum Gasteiger partial charge on any atom is -0.496 e. The van der Waals surface area contributed by atoms with Gasteiger partial charge in [0.15, 0.2) is 0 Å². The van der Waals surface area contributed by atoms with Crippen LogP contribution in [-0.2, 0) is 6.61 Å². The summed E-state index contributed by atoms with van der Waals surface area (Å²) in [6, 6.07) is 19.6. The van der Waals surface area contributed by atoms with Crippen molar-refractivity contribution in [3.05, 3.63) is 71.8 Å². The largest absolute Gasteiger partial charge is 0.496 e. The lowest BCUT2D eigenvalue weighted by atomic mass is 10.1. The second kappa shape index (κ2) is 8.58. The molecule has 0 radical (unpaired) electrons. The summed E-state index contributed by atoms with van der Waals surface area (Å²) in [6.45, 7) is 4.36. The molecular weight excluding hydrogens is 338 g/mol. The summed E-state index contributed by atoms with van der Waals surface area (Å²) in [4.78, 5) is 12.4. The van der Waals surface area contributed by atoms with Crippen molar-refractivity contribution in [1.82, 2.24) is 5.32 Å². The number of ether oxygens (including phenoxy) is 2. The fraction of sp³-hybridized carbons (Fsp3) is 0.261. The number of carbonyl (C=O) groups is 1. The van der Waals surface area contributed by atoms with E-state index in [1.807, 2.05) is 56.3 Å². The van der Waals surface area contributed by atoms with Crippen LogP contribution >= 0.6 is 0 Å². The maximum absolute atomic E-state index is 12.4. The summed E-state index contributed by atoms with van der Waals surface area (Å²) in [6.07, 6.45) is 0.888. The maximum atomic E-state index is 12.4. The number of nitrogens with one attached hydrogen (secondary N) is 1. The van der Waals surface area contributed by atoms with Gasteiger partial charge in [-0.2, -0.15) is 0 Å². The molecular formula is C23H25NO3. The normalized spacial score (nSPS) is 11.8. The molecule has 1 N–H and O–H groups in total. The number of carbonyl (C=O) groups excluding carboxylic acids is 1. The van der Waals surface area contributed by atoms with E-state index in [9.17, 15) is 4.79 Å². The monoisotopic (exact) mass is 363 g/mol. The zero-order valence-corrected chi connectivity index (χ0v) is 16.0. The van der Waals surface area contributed by atoms with Crippen molar-refractivity contribution in [3.8, 4) is 11.5 Å². The van der Waals surface area contributed by atoms with E-state index in [4.69, 9.17) is 9.47 Å². The molecule has 3 aromatic rings. The van der Waals surface area contributed by atoms with Gasteiger partial charge in [-0.3, -0.25) is 4.79 Å². The van der Waals surface area contributed by atoms with Crippen LogP contribution in [0.1, 0.15) is 36.2 Å². The molecule has 4 heteroatoms. The van der Waals surface area contributed by atoms with Gasteiger partial charge in [-0.05, 0) is 43.0 Å². The van der Waals surface area contributed by atoms with Crippen molar-refractivity contribution < 1.29 is 14.3 Å². The van der Waals surface area contributed by atoms with Crippen LogP contribution in [0.2, 0.25) is 0 Å². The second-order valence-electron chi connectivity index (χ2n) is 6.58. The van der Waals surface area contributed by atoms with Crippen LogP contribution in [0.15, 0.2) is 60.7 Å². The zero-order chi connectivity index (χ0) is 19.2. The highest BCUT2D eigenvalue weighted by molar-refractivity contribution is 5.94. The number of hydrogen-bond acceptors (Lipinski definition) is 3. The highest BCUT2D eigenvalue weighted by Crippen LogP contribution is 2.28. The van der Waals surface area contributed by atoms with Crippen LogP contribution < -0.4 is 14.8 Å². The lowest BCUT2D eigenvalue weighted by Crippen LogP contribution is -2.31. The van der Waals surface area contributed by atoms with E-state index in [-0.39, 0.29) is 11.9 Å². The minimum absolute atomic E-state index is 0.0848. The summed E-state index contributed by atoms with van der Waals surface area (Å²) < 4.78 is 11.5. The van der Waals surface area contributed by atoms with Crippen molar-refractivity contribution in [2.75, 3.05) is 7.11 Å². The van der Waals surface area contributed by atoms with E-state index in [0.29, 0.717) is 17.9 Å². The number of amides is 1. The number of fused-ring (bicyclic) bond motifs is 1. The Bertz CT molecular complexity index is 931. The van der Waals surface area contributed by atoms with E-state index in [1.165, 1.54) is 0 Å². The van der Waals surface area contributed by atoms with E-state index in [0.717, 1.165) is 28.5 Å². The van der Waals surface area contributed by atoms with Crippen molar-refractivity contribution >= 4 is 16.7 Å². The number of benzene rings is 3. The van der Waals surface area contributed by atoms with Crippen molar-refractivity contribution in [3.63, 3.8) is 0 Å². The molecule has 0 aromatic heterocycles. The Morgan fingerprint density at radius 3 is 2.59 bits per heavy atom. The van der Waals surface area contributed by atoms with Crippen LogP contribution in [-0.4, -0.2) is 19.1 Å². The Balaban J connectivity index is 1.82. The van der Waals surface area contributed by atoms with Gasteiger partial charge in [0, 0.05) is 22.6 Å². The first-order valence-corrected chi connectivity index (χ1v) is 9.20. The molecule has 0 saturated heterocycles. The van der Waals surface area contributed by atoms with E-state index >= 15 is 0 Å². The third-order valence-corrected chi connectivity index (χ3v) is 4.67. The molecule has 0 heterocycles. The molecule has 0 aliphatic carbocycles. The highest BCUT2D eigenvalue weighted by atomic mass is 16.5. The molecule has 0 unspecified atom stereocenters. The first kappa shape index (κ1) is 18.8. The van der Waals surface area contributed by atoms with E-state index in [2.05, 4.69) is 17.4 Å². The van der Waals surface area contributed by atoms with Gasteiger partial charge in [-0.15, -0.1) is 0 Å². The topological polar surface area (TPSA) is 47.6 Å². The summed E-state index contributed by atoms with van der Waals surface area (Å²) in [5, 5.41) is 5.18. The predicted molar refractivity (Wildman–Crippen MR) is 108 cm³/mol. The Hall–Kier alpha value is -3.01. The molecule has 0 bridgehead atoms. The standard InChI is InChI=1S/C23H25NO3/c1-4-16(2)24-23(25)18-12-13-21(26-3)19(14-18)15-27-22-11-7-9-17-8-5-6-10-20(17)22/h5-14,16H,4,15H2,1-3H3,(H,24,25)/t16-/m1/s1. The SMILES string of the molecule is CC[C@@H](C)NC(=O)c1ccc(OC)c(COc2cccc3ccccc23)c1. The Morgan fingerprint density at radius 1 is 1.04 bits per heavy atom. The fourth-order valence-electron chi connectivity index (χ4n) is 2.92. The first-order valence-electron chi connectivity index (χ1n) is 9.20. The van der Waals surface area contributed by atoms with Crippen LogP contribution in [0, 0.1) is 0 Å². The van der Waals surface area contributed by atoms with E-state index < -0.39 is 0 Å². The smallest absolute Gasteiger partial charge is 0.251 e. The molecule has 0 aliphatic rings. The third-order valence-electron chi connectivity index (χ3n) is 4.67. The van der Waals surface area contributed by atoms with Crippen molar-refractivity contribution in [2.24, 2.45) is 0 Å². The highest BCUT2D eigenvalue weighted by Gasteiger charge is 2.13. The molecule has 27 heavy (non-hydrogen) atoms. The summed E-state index contributed by atoms with van der Waals surface area (Å²) in [7, 11) is 1.62. The fourth-order valence-corrected chi connectivity index (χ4v) is 2.92. The maximum Gasteiger partial charge on any atom is 0.251 e. The molecule has 0 fully saturated rings. The Labute approximate surface area is 160 Å². The van der Waals surface area contributed by atoms with Crippen molar-refractivity contribution in [2.45, 2.75) is 32.9 Å². The second-order valence-corrected chi connectivity index (χ2v) is 6.58. The molecule has 4 nitrogen and oxygen atoms in total. The molecule has 3 aromatic carbocycles. The minimum atomic E-state index is -0.0848. The van der Waals surface area contributed by atoms with Gasteiger partial charge < -0.3 is 14.8 Å². The molecule has 140 valence electrons.